The number of halogens is 1. The van der Waals surface area contributed by atoms with E-state index in [2.05, 4.69) is 15.0 Å². The Morgan fingerprint density at radius 1 is 1.65 bits per heavy atom. The Kier molecular flexibility index (Phi) is 6.92. The predicted octanol–water partition coefficient (Wildman–Crippen LogP) is -1.61. The molecule has 1 fully saturated rings. The molecule has 5 atom stereocenters. The molecule has 1 saturated heterocycles. The third kappa shape index (κ3) is 4.04. The summed E-state index contributed by atoms with van der Waals surface area (Å²) in [5.41, 5.74) is 16.5. The van der Waals surface area contributed by atoms with Gasteiger partial charge in [-0.15, -0.1) is 12.4 Å². The monoisotopic (exact) mass is 391 g/mol. The maximum Gasteiger partial charge on any atom is 0.351 e. The second kappa shape index (κ2) is 8.31. The topological polar surface area (TPSA) is 212 Å². The summed E-state index contributed by atoms with van der Waals surface area (Å²) in [5.74, 6) is -0.894. The summed E-state index contributed by atoms with van der Waals surface area (Å²) in [6, 6.07) is 0.305. The lowest BCUT2D eigenvalue weighted by Gasteiger charge is -2.26. The number of aliphatic hydroxyl groups is 2. The van der Waals surface area contributed by atoms with Gasteiger partial charge in [0.1, 0.15) is 30.7 Å². The van der Waals surface area contributed by atoms with Crippen LogP contribution >= 0.6 is 12.4 Å². The molecule has 1 aromatic heterocycles. The first-order valence-corrected chi connectivity index (χ1v) is 7.09. The fourth-order valence-corrected chi connectivity index (χ4v) is 2.22. The van der Waals surface area contributed by atoms with Gasteiger partial charge >= 0.3 is 11.7 Å². The van der Waals surface area contributed by atoms with Crippen molar-refractivity contribution in [2.45, 2.75) is 37.1 Å². The third-order valence-electron chi connectivity index (χ3n) is 3.54. The van der Waals surface area contributed by atoms with E-state index in [1.165, 1.54) is 19.2 Å². The van der Waals surface area contributed by atoms with Crippen LogP contribution in [0.4, 0.5) is 5.82 Å². The highest BCUT2D eigenvalue weighted by Crippen LogP contribution is 2.38. The van der Waals surface area contributed by atoms with Gasteiger partial charge in [-0.3, -0.25) is 9.36 Å². The molecule has 1 aliphatic rings. The van der Waals surface area contributed by atoms with Gasteiger partial charge in [-0.25, -0.2) is 4.79 Å². The van der Waals surface area contributed by atoms with Crippen LogP contribution in [0, 0.1) is 0 Å². The number of carbonyl (C=O) groups excluding carboxylic acids is 1. The van der Waals surface area contributed by atoms with Crippen LogP contribution in [-0.2, 0) is 14.3 Å². The number of nitrogens with two attached hydrogens (primary N) is 2. The normalized spacial score (nSPS) is 28.5. The van der Waals surface area contributed by atoms with Crippen LogP contribution < -0.4 is 17.2 Å². The van der Waals surface area contributed by atoms with Crippen molar-refractivity contribution in [3.8, 4) is 0 Å². The minimum atomic E-state index is -2.15. The summed E-state index contributed by atoms with van der Waals surface area (Å²) in [6.07, 6.45) is -3.73. The summed E-state index contributed by atoms with van der Waals surface area (Å²) >= 11 is 0. The Labute approximate surface area is 152 Å². The van der Waals surface area contributed by atoms with E-state index >= 15 is 0 Å². The lowest BCUT2D eigenvalue weighted by molar-refractivity contribution is -0.166. The van der Waals surface area contributed by atoms with Crippen LogP contribution in [0.25, 0.3) is 10.4 Å². The maximum atomic E-state index is 11.9. The number of hydrogen-bond donors (Lipinski definition) is 4. The molecule has 6 N–H and O–H groups in total. The number of anilines is 1. The van der Waals surface area contributed by atoms with Gasteiger partial charge in [0.2, 0.25) is 5.72 Å². The SMILES string of the molecule is C[C@H](N)C(=O)OC[C@@]1(N=[N+]=[N-])O[C@@H](n2ccc(N)nc2=O)[C@H](O)[C@@H]1O.Cl. The lowest BCUT2D eigenvalue weighted by atomic mass is 10.1. The number of rotatable bonds is 5. The van der Waals surface area contributed by atoms with Crippen molar-refractivity contribution in [2.75, 3.05) is 12.3 Å². The number of azide groups is 1. The van der Waals surface area contributed by atoms with Crippen molar-refractivity contribution in [1.82, 2.24) is 9.55 Å². The first kappa shape index (κ1) is 21.6. The van der Waals surface area contributed by atoms with Gasteiger partial charge in [-0.2, -0.15) is 4.98 Å². The van der Waals surface area contributed by atoms with Gasteiger partial charge in [0.05, 0.1) is 0 Å². The largest absolute Gasteiger partial charge is 0.461 e. The Bertz CT molecular complexity index is 767. The molecule has 26 heavy (non-hydrogen) atoms. The van der Waals surface area contributed by atoms with Gasteiger partial charge in [0, 0.05) is 11.1 Å². The van der Waals surface area contributed by atoms with Crippen LogP contribution in [0.3, 0.4) is 0 Å². The molecule has 1 aliphatic heterocycles. The molecule has 2 rings (SSSR count). The molecule has 0 aromatic carbocycles. The number of aliphatic hydroxyl groups excluding tert-OH is 2. The molecular formula is C12H18ClN7O6. The Morgan fingerprint density at radius 2 is 2.31 bits per heavy atom. The summed E-state index contributed by atoms with van der Waals surface area (Å²) in [7, 11) is 0. The molecule has 14 heteroatoms. The first-order valence-electron chi connectivity index (χ1n) is 7.09. The number of esters is 1. The van der Waals surface area contributed by atoms with Crippen LogP contribution in [0.2, 0.25) is 0 Å². The second-order valence-corrected chi connectivity index (χ2v) is 5.42. The maximum absolute atomic E-state index is 11.9. The smallest absolute Gasteiger partial charge is 0.351 e. The highest BCUT2D eigenvalue weighted by atomic mass is 35.5. The van der Waals surface area contributed by atoms with Gasteiger partial charge < -0.3 is 31.2 Å². The number of nitrogen functional groups attached to an aromatic ring is 1. The van der Waals surface area contributed by atoms with Crippen molar-refractivity contribution in [1.29, 1.82) is 0 Å². The number of hydrogen-bond acceptors (Lipinski definition) is 10. The number of aromatic nitrogens is 2. The molecule has 0 unspecified atom stereocenters. The quantitative estimate of drug-likeness (QED) is 0.196. The van der Waals surface area contributed by atoms with Gasteiger partial charge in [0.15, 0.2) is 6.23 Å². The van der Waals surface area contributed by atoms with E-state index in [1.54, 1.807) is 0 Å². The fraction of sp³-hybridized carbons (Fsp3) is 0.583. The zero-order chi connectivity index (χ0) is 18.8. The van der Waals surface area contributed by atoms with E-state index in [4.69, 9.17) is 26.5 Å². The molecule has 0 saturated carbocycles. The summed E-state index contributed by atoms with van der Waals surface area (Å²) in [5, 5.41) is 23.8. The molecule has 0 amide bonds. The average Bonchev–Trinajstić information content (AvgIpc) is 2.78. The minimum absolute atomic E-state index is 0. The molecule has 1 aromatic rings. The number of ether oxygens (including phenoxy) is 2. The van der Waals surface area contributed by atoms with Crippen LogP contribution in [0.5, 0.6) is 0 Å². The van der Waals surface area contributed by atoms with Gasteiger partial charge in [-0.1, -0.05) is 5.11 Å². The van der Waals surface area contributed by atoms with E-state index in [0.717, 1.165) is 4.57 Å². The van der Waals surface area contributed by atoms with Gasteiger partial charge in [-0.05, 0) is 18.5 Å². The molecule has 0 spiro atoms. The average molecular weight is 392 g/mol. The number of nitrogens with zero attached hydrogens (tertiary/aromatic N) is 5. The van der Waals surface area contributed by atoms with Crippen LogP contribution in [-0.4, -0.2) is 56.3 Å². The van der Waals surface area contributed by atoms with E-state index in [-0.39, 0.29) is 18.2 Å². The zero-order valence-electron chi connectivity index (χ0n) is 13.5. The third-order valence-corrected chi connectivity index (χ3v) is 3.54. The Hall–Kier alpha value is -2.41. The van der Waals surface area contributed by atoms with E-state index < -0.39 is 48.5 Å². The highest BCUT2D eigenvalue weighted by molar-refractivity contribution is 5.85. The zero-order valence-corrected chi connectivity index (χ0v) is 14.3. The lowest BCUT2D eigenvalue weighted by Crippen LogP contribution is -2.46. The molecule has 13 nitrogen and oxygen atoms in total. The minimum Gasteiger partial charge on any atom is -0.461 e. The molecular weight excluding hydrogens is 374 g/mol. The van der Waals surface area contributed by atoms with Crippen LogP contribution in [0.15, 0.2) is 22.2 Å². The Morgan fingerprint density at radius 3 is 2.85 bits per heavy atom. The standard InChI is InChI=1S/C12H17N7O6.ClH/c1-5(13)10(22)24-4-12(17-18-15)8(21)7(20)9(25-12)19-3-2-6(14)16-11(19)23;/h2-3,5,7-9,20-21H,4,13H2,1H3,(H2,14,16,23);1H/t5-,7+,8-,9+,12+;/m0./s1. The first-order chi connectivity index (χ1) is 11.7. The summed E-state index contributed by atoms with van der Waals surface area (Å²) in [4.78, 5) is 29.4. The van der Waals surface area contributed by atoms with Gasteiger partial charge in [0.25, 0.3) is 0 Å². The highest BCUT2D eigenvalue weighted by Gasteiger charge is 2.56. The van der Waals surface area contributed by atoms with E-state index in [9.17, 15) is 19.8 Å². The van der Waals surface area contributed by atoms with Crippen molar-refractivity contribution in [3.05, 3.63) is 33.2 Å². The molecule has 2 heterocycles. The van der Waals surface area contributed by atoms with Crippen molar-refractivity contribution in [3.63, 3.8) is 0 Å². The fourth-order valence-electron chi connectivity index (χ4n) is 2.22. The van der Waals surface area contributed by atoms with Crippen molar-refractivity contribution >= 4 is 24.2 Å². The molecule has 0 aliphatic carbocycles. The molecule has 0 bridgehead atoms. The number of carbonyl (C=O) groups is 1. The summed E-state index contributed by atoms with van der Waals surface area (Å²) in [6.45, 7) is 0.648. The predicted molar refractivity (Wildman–Crippen MR) is 88.8 cm³/mol. The second-order valence-electron chi connectivity index (χ2n) is 5.42. The molecule has 144 valence electrons. The van der Waals surface area contributed by atoms with Crippen LogP contribution in [0.1, 0.15) is 13.2 Å². The summed E-state index contributed by atoms with van der Waals surface area (Å²) < 4.78 is 11.1. The Balaban J connectivity index is 0.00000338. The van der Waals surface area contributed by atoms with E-state index in [1.807, 2.05) is 0 Å². The van der Waals surface area contributed by atoms with Crippen molar-refractivity contribution in [2.24, 2.45) is 10.8 Å². The van der Waals surface area contributed by atoms with Crippen molar-refractivity contribution < 1.29 is 24.5 Å². The van der Waals surface area contributed by atoms with E-state index in [0.29, 0.717) is 0 Å². The molecule has 0 radical (unpaired) electrons.